The first-order chi connectivity index (χ1) is 12.5. The van der Waals surface area contributed by atoms with Gasteiger partial charge in [0.2, 0.25) is 15.9 Å². The van der Waals surface area contributed by atoms with Crippen LogP contribution >= 0.6 is 11.6 Å². The van der Waals surface area contributed by atoms with Gasteiger partial charge in [-0.1, -0.05) is 35.9 Å². The third kappa shape index (κ3) is 4.63. The average molecular weight is 393 g/mol. The molecule has 1 amide bonds. The maximum Gasteiger partial charge on any atom is 0.240 e. The summed E-state index contributed by atoms with van der Waals surface area (Å²) in [5.74, 6) is -0.162. The van der Waals surface area contributed by atoms with Gasteiger partial charge >= 0.3 is 0 Å². The Morgan fingerprint density at radius 1 is 1.12 bits per heavy atom. The van der Waals surface area contributed by atoms with E-state index in [0.29, 0.717) is 5.02 Å². The number of carbonyl (C=O) groups is 1. The molecule has 5 nitrogen and oxygen atoms in total. The molecule has 0 unspecified atom stereocenters. The van der Waals surface area contributed by atoms with E-state index in [9.17, 15) is 13.2 Å². The summed E-state index contributed by atoms with van der Waals surface area (Å²) in [5.41, 5.74) is 2.43. The maximum absolute atomic E-state index is 12.2. The molecule has 2 N–H and O–H groups in total. The number of benzene rings is 2. The predicted molar refractivity (Wildman–Crippen MR) is 102 cm³/mol. The number of halogens is 1. The molecule has 138 valence electrons. The van der Waals surface area contributed by atoms with E-state index in [1.807, 2.05) is 18.2 Å². The van der Waals surface area contributed by atoms with Crippen molar-refractivity contribution in [3.63, 3.8) is 0 Å². The molecule has 0 aliphatic heterocycles. The van der Waals surface area contributed by atoms with Gasteiger partial charge in [-0.15, -0.1) is 0 Å². The molecule has 1 aliphatic carbocycles. The fraction of sp³-hybridized carbons (Fsp3) is 0.316. The number of aryl methyl sites for hydroxylation is 1. The Labute approximate surface area is 158 Å². The van der Waals surface area contributed by atoms with Crippen molar-refractivity contribution in [2.75, 3.05) is 6.54 Å². The highest BCUT2D eigenvalue weighted by Gasteiger charge is 2.21. The zero-order valence-electron chi connectivity index (χ0n) is 14.2. The summed E-state index contributed by atoms with van der Waals surface area (Å²) in [6, 6.07) is 14.0. The second kappa shape index (κ2) is 8.20. The quantitative estimate of drug-likeness (QED) is 0.792. The molecular formula is C19H21ClN2O3S. The van der Waals surface area contributed by atoms with Crippen LogP contribution in [0.5, 0.6) is 0 Å². The fourth-order valence-corrected chi connectivity index (χ4v) is 4.32. The van der Waals surface area contributed by atoms with E-state index in [1.54, 1.807) is 0 Å². The maximum atomic E-state index is 12.2. The van der Waals surface area contributed by atoms with Gasteiger partial charge < -0.3 is 5.32 Å². The average Bonchev–Trinajstić information content (AvgIpc) is 2.62. The monoisotopic (exact) mass is 392 g/mol. The zero-order chi connectivity index (χ0) is 18.6. The first-order valence-corrected chi connectivity index (χ1v) is 10.4. The second-order valence-electron chi connectivity index (χ2n) is 6.31. The van der Waals surface area contributed by atoms with Crippen molar-refractivity contribution in [1.29, 1.82) is 0 Å². The smallest absolute Gasteiger partial charge is 0.240 e. The van der Waals surface area contributed by atoms with E-state index >= 15 is 0 Å². The van der Waals surface area contributed by atoms with Crippen molar-refractivity contribution in [2.45, 2.75) is 36.6 Å². The lowest BCUT2D eigenvalue weighted by Gasteiger charge is -2.26. The summed E-state index contributed by atoms with van der Waals surface area (Å²) < 4.78 is 26.8. The van der Waals surface area contributed by atoms with Gasteiger partial charge in [0.1, 0.15) is 0 Å². The summed E-state index contributed by atoms with van der Waals surface area (Å²) in [6.45, 7) is 0.0468. The third-order valence-corrected chi connectivity index (χ3v) is 6.20. The van der Waals surface area contributed by atoms with Crippen LogP contribution in [0.1, 0.15) is 36.4 Å². The topological polar surface area (TPSA) is 75.3 Å². The summed E-state index contributed by atoms with van der Waals surface area (Å²) in [7, 11) is -3.64. The molecule has 0 radical (unpaired) electrons. The van der Waals surface area contributed by atoms with E-state index in [2.05, 4.69) is 16.1 Å². The molecule has 0 aromatic heterocycles. The lowest BCUT2D eigenvalue weighted by molar-refractivity contribution is -0.121. The largest absolute Gasteiger partial charge is 0.349 e. The SMILES string of the molecule is O=C(CCNS(=O)(=O)c1ccc(Cl)cc1)N[C@H]1CCCc2ccccc21. The third-order valence-electron chi connectivity index (χ3n) is 4.47. The molecular weight excluding hydrogens is 372 g/mol. The molecule has 0 saturated heterocycles. The second-order valence-corrected chi connectivity index (χ2v) is 8.52. The Balaban J connectivity index is 1.53. The minimum atomic E-state index is -3.64. The van der Waals surface area contributed by atoms with Crippen LogP contribution in [-0.4, -0.2) is 20.9 Å². The molecule has 7 heteroatoms. The van der Waals surface area contributed by atoms with Crippen molar-refractivity contribution in [1.82, 2.24) is 10.0 Å². The van der Waals surface area contributed by atoms with Crippen LogP contribution in [-0.2, 0) is 21.2 Å². The van der Waals surface area contributed by atoms with Gasteiger partial charge in [0, 0.05) is 18.0 Å². The minimum Gasteiger partial charge on any atom is -0.349 e. The lowest BCUT2D eigenvalue weighted by Crippen LogP contribution is -2.34. The van der Waals surface area contributed by atoms with Crippen LogP contribution < -0.4 is 10.0 Å². The van der Waals surface area contributed by atoms with Gasteiger partial charge in [-0.2, -0.15) is 0 Å². The summed E-state index contributed by atoms with van der Waals surface area (Å²) in [5, 5.41) is 3.49. The van der Waals surface area contributed by atoms with E-state index in [0.717, 1.165) is 24.8 Å². The first-order valence-electron chi connectivity index (χ1n) is 8.58. The summed E-state index contributed by atoms with van der Waals surface area (Å²) >= 11 is 5.77. The van der Waals surface area contributed by atoms with Crippen LogP contribution in [0.3, 0.4) is 0 Å². The molecule has 26 heavy (non-hydrogen) atoms. The standard InChI is InChI=1S/C19H21ClN2O3S/c20-15-8-10-16(11-9-15)26(24,25)21-13-12-19(23)22-18-7-3-5-14-4-1-2-6-17(14)18/h1-2,4,6,8-11,18,21H,3,5,7,12-13H2,(H,22,23)/t18-/m0/s1. The number of hydrogen-bond donors (Lipinski definition) is 2. The number of rotatable bonds is 6. The van der Waals surface area contributed by atoms with Gasteiger partial charge in [0.15, 0.2) is 0 Å². The molecule has 2 aromatic carbocycles. The van der Waals surface area contributed by atoms with Crippen molar-refractivity contribution >= 4 is 27.5 Å². The molecule has 2 aromatic rings. The highest BCUT2D eigenvalue weighted by molar-refractivity contribution is 7.89. The zero-order valence-corrected chi connectivity index (χ0v) is 15.8. The highest BCUT2D eigenvalue weighted by atomic mass is 35.5. The van der Waals surface area contributed by atoms with Gasteiger partial charge in [-0.3, -0.25) is 4.79 Å². The molecule has 1 atom stereocenters. The Morgan fingerprint density at radius 2 is 1.85 bits per heavy atom. The molecule has 3 rings (SSSR count). The molecule has 0 fully saturated rings. The van der Waals surface area contributed by atoms with Crippen molar-refractivity contribution in [3.8, 4) is 0 Å². The highest BCUT2D eigenvalue weighted by Crippen LogP contribution is 2.29. The van der Waals surface area contributed by atoms with Gasteiger partial charge in [0.25, 0.3) is 0 Å². The fourth-order valence-electron chi connectivity index (χ4n) is 3.17. The molecule has 0 bridgehead atoms. The van der Waals surface area contributed by atoms with E-state index in [4.69, 9.17) is 11.6 Å². The number of carbonyl (C=O) groups excluding carboxylic acids is 1. The van der Waals surface area contributed by atoms with Gasteiger partial charge in [-0.05, 0) is 54.7 Å². The molecule has 0 saturated carbocycles. The number of nitrogens with one attached hydrogen (secondary N) is 2. The van der Waals surface area contributed by atoms with Crippen LogP contribution in [0.4, 0.5) is 0 Å². The molecule has 1 aliphatic rings. The Bertz CT molecular complexity index is 882. The Morgan fingerprint density at radius 3 is 2.62 bits per heavy atom. The van der Waals surface area contributed by atoms with Crippen LogP contribution in [0.15, 0.2) is 53.4 Å². The predicted octanol–water partition coefficient (Wildman–Crippen LogP) is 3.20. The lowest BCUT2D eigenvalue weighted by atomic mass is 9.88. The van der Waals surface area contributed by atoms with Crippen molar-refractivity contribution in [2.24, 2.45) is 0 Å². The summed E-state index contributed by atoms with van der Waals surface area (Å²) in [6.07, 6.45) is 3.05. The normalized spacial score (nSPS) is 16.7. The van der Waals surface area contributed by atoms with Gasteiger partial charge in [0.05, 0.1) is 10.9 Å². The van der Waals surface area contributed by atoms with E-state index in [1.165, 1.54) is 29.8 Å². The molecule has 0 heterocycles. The van der Waals surface area contributed by atoms with Gasteiger partial charge in [-0.25, -0.2) is 13.1 Å². The van der Waals surface area contributed by atoms with E-state index < -0.39 is 10.0 Å². The van der Waals surface area contributed by atoms with E-state index in [-0.39, 0.29) is 29.8 Å². The van der Waals surface area contributed by atoms with Crippen molar-refractivity contribution in [3.05, 3.63) is 64.7 Å². The summed E-state index contributed by atoms with van der Waals surface area (Å²) in [4.78, 5) is 12.4. The van der Waals surface area contributed by atoms with Crippen molar-refractivity contribution < 1.29 is 13.2 Å². The Kier molecular flexibility index (Phi) is 5.96. The number of fused-ring (bicyclic) bond motifs is 1. The number of hydrogen-bond acceptors (Lipinski definition) is 3. The van der Waals surface area contributed by atoms with Crippen LogP contribution in [0, 0.1) is 0 Å². The molecule has 0 spiro atoms. The van der Waals surface area contributed by atoms with Crippen LogP contribution in [0.25, 0.3) is 0 Å². The van der Waals surface area contributed by atoms with Crippen LogP contribution in [0.2, 0.25) is 5.02 Å². The number of sulfonamides is 1. The minimum absolute atomic E-state index is 0.000298. The first kappa shape index (κ1) is 18.9. The Hall–Kier alpha value is -1.89. The number of amides is 1.